The maximum Gasteiger partial charge on any atom is 0.216 e. The van der Waals surface area contributed by atoms with Gasteiger partial charge in [0.15, 0.2) is 5.78 Å². The summed E-state index contributed by atoms with van der Waals surface area (Å²) in [6.07, 6.45) is 2.65. The number of hydrogen-bond acceptors (Lipinski definition) is 5. The predicted molar refractivity (Wildman–Crippen MR) is 70.3 cm³/mol. The Morgan fingerprint density at radius 3 is 2.89 bits per heavy atom. The van der Waals surface area contributed by atoms with Gasteiger partial charge in [0, 0.05) is 10.9 Å². The minimum atomic E-state index is 0.0838. The highest BCUT2D eigenvalue weighted by Gasteiger charge is 2.11. The van der Waals surface area contributed by atoms with E-state index < -0.39 is 0 Å². The van der Waals surface area contributed by atoms with Gasteiger partial charge in [-0.15, -0.1) is 11.3 Å². The number of methoxy groups -OCH3 is 1. The van der Waals surface area contributed by atoms with Crippen molar-refractivity contribution in [2.75, 3.05) is 7.11 Å². The number of Topliss-reactive ketones (excluding diaryl/α,β-unsaturated/α-hetero) is 1. The number of thiophene rings is 1. The Labute approximate surface area is 110 Å². The highest BCUT2D eigenvalue weighted by molar-refractivity contribution is 7.14. The molecule has 2 heterocycles. The first-order valence-electron chi connectivity index (χ1n) is 5.69. The van der Waals surface area contributed by atoms with E-state index in [2.05, 4.69) is 16.9 Å². The van der Waals surface area contributed by atoms with Crippen LogP contribution in [0.4, 0.5) is 0 Å². The van der Waals surface area contributed by atoms with Gasteiger partial charge < -0.3 is 4.74 Å². The predicted octanol–water partition coefficient (Wildman–Crippen LogP) is 2.53. The minimum Gasteiger partial charge on any atom is -0.481 e. The summed E-state index contributed by atoms with van der Waals surface area (Å²) in [7, 11) is 1.54. The van der Waals surface area contributed by atoms with Crippen LogP contribution in [0.2, 0.25) is 0 Å². The first-order chi connectivity index (χ1) is 8.72. The zero-order valence-electron chi connectivity index (χ0n) is 10.3. The van der Waals surface area contributed by atoms with Crippen molar-refractivity contribution in [1.29, 1.82) is 0 Å². The van der Waals surface area contributed by atoms with E-state index in [9.17, 15) is 4.79 Å². The molecule has 0 aliphatic carbocycles. The molecule has 0 spiro atoms. The molecule has 0 fully saturated rings. The molecule has 2 aromatic rings. The topological polar surface area (TPSA) is 52.1 Å². The van der Waals surface area contributed by atoms with E-state index in [-0.39, 0.29) is 12.2 Å². The number of nitrogens with zero attached hydrogens (tertiary/aromatic N) is 2. The summed E-state index contributed by atoms with van der Waals surface area (Å²) in [6, 6.07) is 5.56. The molecule has 0 amide bonds. The maximum atomic E-state index is 12.1. The third kappa shape index (κ3) is 2.92. The van der Waals surface area contributed by atoms with Gasteiger partial charge in [0.2, 0.25) is 5.88 Å². The van der Waals surface area contributed by atoms with Crippen LogP contribution >= 0.6 is 11.3 Å². The van der Waals surface area contributed by atoms with Crippen LogP contribution in [-0.2, 0) is 12.8 Å². The van der Waals surface area contributed by atoms with Crippen LogP contribution in [0.5, 0.6) is 5.88 Å². The van der Waals surface area contributed by atoms with Crippen molar-refractivity contribution in [2.45, 2.75) is 19.8 Å². The fourth-order valence-electron chi connectivity index (χ4n) is 1.55. The molecule has 0 bridgehead atoms. The van der Waals surface area contributed by atoms with Crippen molar-refractivity contribution in [1.82, 2.24) is 9.97 Å². The molecule has 4 nitrogen and oxygen atoms in total. The molecular formula is C13H14N2O2S. The third-order valence-electron chi connectivity index (χ3n) is 2.53. The molecule has 18 heavy (non-hydrogen) atoms. The Balaban J connectivity index is 2.10. The summed E-state index contributed by atoms with van der Waals surface area (Å²) in [4.78, 5) is 22.0. The Kier molecular flexibility index (Phi) is 4.04. The van der Waals surface area contributed by atoms with E-state index >= 15 is 0 Å². The standard InChI is InChI=1S/C13H14N2O2S/c1-3-10-4-5-12(18-10)11(16)6-9-7-13(17-2)15-8-14-9/h4-5,7-8H,3,6H2,1-2H3. The molecule has 2 aromatic heterocycles. The monoisotopic (exact) mass is 262 g/mol. The first-order valence-corrected chi connectivity index (χ1v) is 6.51. The van der Waals surface area contributed by atoms with E-state index in [1.54, 1.807) is 24.5 Å². The van der Waals surface area contributed by atoms with Crippen molar-refractivity contribution >= 4 is 17.1 Å². The lowest BCUT2D eigenvalue weighted by atomic mass is 10.2. The number of rotatable bonds is 5. The van der Waals surface area contributed by atoms with Gasteiger partial charge in [0.05, 0.1) is 24.1 Å². The quantitative estimate of drug-likeness (QED) is 0.777. The second-order valence-corrected chi connectivity index (χ2v) is 4.94. The van der Waals surface area contributed by atoms with Gasteiger partial charge in [-0.05, 0) is 18.6 Å². The van der Waals surface area contributed by atoms with Crippen LogP contribution in [0.15, 0.2) is 24.5 Å². The summed E-state index contributed by atoms with van der Waals surface area (Å²) in [5.74, 6) is 0.564. The Hall–Kier alpha value is -1.75. The molecule has 0 aliphatic heterocycles. The smallest absolute Gasteiger partial charge is 0.216 e. The molecule has 94 valence electrons. The van der Waals surface area contributed by atoms with Crippen LogP contribution in [0.3, 0.4) is 0 Å². The van der Waals surface area contributed by atoms with E-state index in [1.165, 1.54) is 11.2 Å². The molecule has 0 atom stereocenters. The summed E-state index contributed by atoms with van der Waals surface area (Å²) in [5, 5.41) is 0. The number of hydrogen-bond donors (Lipinski definition) is 0. The van der Waals surface area contributed by atoms with Crippen molar-refractivity contribution in [3.63, 3.8) is 0 Å². The molecule has 2 rings (SSSR count). The Bertz CT molecular complexity index is 551. The lowest BCUT2D eigenvalue weighted by molar-refractivity contribution is 0.0995. The molecular weight excluding hydrogens is 248 g/mol. The highest BCUT2D eigenvalue weighted by Crippen LogP contribution is 2.19. The molecule has 5 heteroatoms. The average Bonchev–Trinajstić information content (AvgIpc) is 2.88. The summed E-state index contributed by atoms with van der Waals surface area (Å²) >= 11 is 1.55. The summed E-state index contributed by atoms with van der Waals surface area (Å²) in [5.41, 5.74) is 0.679. The van der Waals surface area contributed by atoms with Crippen LogP contribution < -0.4 is 4.74 Å². The third-order valence-corrected chi connectivity index (χ3v) is 3.80. The average molecular weight is 262 g/mol. The number of aryl methyl sites for hydroxylation is 1. The van der Waals surface area contributed by atoms with Gasteiger partial charge in [-0.25, -0.2) is 9.97 Å². The van der Waals surface area contributed by atoms with Crippen molar-refractivity contribution < 1.29 is 9.53 Å². The Morgan fingerprint density at radius 1 is 1.39 bits per heavy atom. The molecule has 0 unspecified atom stereocenters. The van der Waals surface area contributed by atoms with E-state index in [0.717, 1.165) is 11.3 Å². The summed E-state index contributed by atoms with van der Waals surface area (Å²) in [6.45, 7) is 2.08. The lowest BCUT2D eigenvalue weighted by Gasteiger charge is -2.01. The van der Waals surface area contributed by atoms with Crippen molar-refractivity contribution in [3.8, 4) is 5.88 Å². The zero-order chi connectivity index (χ0) is 13.0. The lowest BCUT2D eigenvalue weighted by Crippen LogP contribution is -2.04. The van der Waals surface area contributed by atoms with Gasteiger partial charge in [0.25, 0.3) is 0 Å². The fraction of sp³-hybridized carbons (Fsp3) is 0.308. The maximum absolute atomic E-state index is 12.1. The number of ether oxygens (including phenoxy) is 1. The SMILES string of the molecule is CCc1ccc(C(=O)Cc2cc(OC)ncn2)s1. The van der Waals surface area contributed by atoms with Gasteiger partial charge in [-0.1, -0.05) is 6.92 Å². The molecule has 0 radical (unpaired) electrons. The van der Waals surface area contributed by atoms with Crippen molar-refractivity contribution in [2.24, 2.45) is 0 Å². The largest absolute Gasteiger partial charge is 0.481 e. The minimum absolute atomic E-state index is 0.0838. The second kappa shape index (κ2) is 5.73. The van der Waals surface area contributed by atoms with E-state index in [4.69, 9.17) is 4.74 Å². The molecule has 0 N–H and O–H groups in total. The fourth-order valence-corrected chi connectivity index (χ4v) is 2.44. The number of carbonyl (C=O) groups is 1. The first kappa shape index (κ1) is 12.7. The van der Waals surface area contributed by atoms with E-state index in [1.807, 2.05) is 12.1 Å². The van der Waals surface area contributed by atoms with Crippen LogP contribution in [0.25, 0.3) is 0 Å². The van der Waals surface area contributed by atoms with Gasteiger partial charge in [-0.3, -0.25) is 4.79 Å². The second-order valence-electron chi connectivity index (χ2n) is 3.77. The van der Waals surface area contributed by atoms with Gasteiger partial charge >= 0.3 is 0 Å². The van der Waals surface area contributed by atoms with Crippen LogP contribution in [0, 0.1) is 0 Å². The van der Waals surface area contributed by atoms with Gasteiger partial charge in [0.1, 0.15) is 6.33 Å². The number of ketones is 1. The molecule has 0 saturated heterocycles. The number of aromatic nitrogens is 2. The molecule has 0 saturated carbocycles. The van der Waals surface area contributed by atoms with Crippen molar-refractivity contribution in [3.05, 3.63) is 40.0 Å². The zero-order valence-corrected chi connectivity index (χ0v) is 11.2. The van der Waals surface area contributed by atoms with E-state index in [0.29, 0.717) is 11.6 Å². The Morgan fingerprint density at radius 2 is 2.22 bits per heavy atom. The number of carbonyl (C=O) groups excluding carboxylic acids is 1. The summed E-state index contributed by atoms with van der Waals surface area (Å²) < 4.78 is 5.00. The molecule has 0 aliphatic rings. The van der Waals surface area contributed by atoms with Crippen LogP contribution in [0.1, 0.15) is 27.2 Å². The highest BCUT2D eigenvalue weighted by atomic mass is 32.1. The van der Waals surface area contributed by atoms with Crippen LogP contribution in [-0.4, -0.2) is 22.9 Å². The normalized spacial score (nSPS) is 10.3. The van der Waals surface area contributed by atoms with Gasteiger partial charge in [-0.2, -0.15) is 0 Å². The molecule has 0 aromatic carbocycles.